The Morgan fingerprint density at radius 1 is 1.18 bits per heavy atom. The Balaban J connectivity index is -0.0000000383. The summed E-state index contributed by atoms with van der Waals surface area (Å²) in [5, 5.41) is 18.1. The first-order valence-corrected chi connectivity index (χ1v) is 2.38. The molecule has 0 bridgehead atoms. The predicted molar refractivity (Wildman–Crippen MR) is 37.5 cm³/mol. The minimum atomic E-state index is -1.08. The normalized spacial score (nSPS) is 5.64. The van der Waals surface area contributed by atoms with Gasteiger partial charge in [-0.25, -0.2) is 0 Å². The maximum Gasteiger partial charge on any atom is 2.00 e. The summed E-state index contributed by atoms with van der Waals surface area (Å²) in [7, 11) is 0. The Labute approximate surface area is 140 Å². The molecular formula is C5H8O4Sr2+2. The van der Waals surface area contributed by atoms with Gasteiger partial charge in [0.05, 0.1) is 0 Å². The minimum Gasteiger partial charge on any atom is -0.550 e. The molecule has 0 saturated carbocycles. The van der Waals surface area contributed by atoms with E-state index in [1.807, 2.05) is 0 Å². The van der Waals surface area contributed by atoms with Crippen molar-refractivity contribution in [3.8, 4) is 0 Å². The SMILES string of the molecule is CC(=O)[O-].CCC(=O)[O-].[Sr+2].[Sr+2]. The second-order valence-electron chi connectivity index (χ2n) is 1.22. The van der Waals surface area contributed by atoms with Crippen LogP contribution < -0.4 is 10.2 Å². The van der Waals surface area contributed by atoms with E-state index >= 15 is 0 Å². The fourth-order valence-electron chi connectivity index (χ4n) is 0. The maximum absolute atomic E-state index is 9.26. The topological polar surface area (TPSA) is 80.3 Å². The quantitative estimate of drug-likeness (QED) is 0.488. The van der Waals surface area contributed by atoms with Crippen LogP contribution in [0.25, 0.3) is 0 Å². The van der Waals surface area contributed by atoms with Crippen LogP contribution in [0.15, 0.2) is 0 Å². The molecule has 0 unspecified atom stereocenters. The van der Waals surface area contributed by atoms with Gasteiger partial charge in [-0.05, 0) is 13.3 Å². The van der Waals surface area contributed by atoms with E-state index in [0.29, 0.717) is 0 Å². The zero-order chi connectivity index (χ0) is 7.86. The maximum atomic E-state index is 9.26. The van der Waals surface area contributed by atoms with Gasteiger partial charge in [0.15, 0.2) is 0 Å². The van der Waals surface area contributed by atoms with Gasteiger partial charge in [0.25, 0.3) is 0 Å². The van der Waals surface area contributed by atoms with Gasteiger partial charge < -0.3 is 19.8 Å². The molecule has 0 amide bonds. The van der Waals surface area contributed by atoms with Gasteiger partial charge in [0, 0.05) is 11.9 Å². The number of carboxylic acids is 2. The van der Waals surface area contributed by atoms with Crippen LogP contribution in [0.5, 0.6) is 0 Å². The second kappa shape index (κ2) is 17.9. The molecule has 0 atom stereocenters. The molecule has 0 aromatic rings. The van der Waals surface area contributed by atoms with Crippen LogP contribution >= 0.6 is 0 Å². The fourth-order valence-corrected chi connectivity index (χ4v) is 0. The second-order valence-corrected chi connectivity index (χ2v) is 1.22. The Morgan fingerprint density at radius 2 is 1.27 bits per heavy atom. The Bertz CT molecular complexity index is 101. The Morgan fingerprint density at radius 3 is 1.27 bits per heavy atom. The fraction of sp³-hybridized carbons (Fsp3) is 0.600. The molecule has 0 aromatic heterocycles. The molecule has 4 nitrogen and oxygen atoms in total. The molecule has 0 N–H and O–H groups in total. The van der Waals surface area contributed by atoms with Crippen LogP contribution in [0.4, 0.5) is 0 Å². The van der Waals surface area contributed by atoms with Crippen molar-refractivity contribution in [3.63, 3.8) is 0 Å². The number of hydrogen-bond acceptors (Lipinski definition) is 4. The van der Waals surface area contributed by atoms with Gasteiger partial charge in [-0.1, -0.05) is 6.92 Å². The van der Waals surface area contributed by atoms with Crippen LogP contribution in [0, 0.1) is 0 Å². The summed E-state index contributed by atoms with van der Waals surface area (Å²) < 4.78 is 0. The van der Waals surface area contributed by atoms with Gasteiger partial charge in [0.2, 0.25) is 0 Å². The Hall–Kier alpha value is 1.90. The zero-order valence-corrected chi connectivity index (χ0v) is 13.7. The molecule has 0 saturated heterocycles. The molecule has 0 aliphatic rings. The first-order chi connectivity index (χ1) is 4.00. The third-order valence-electron chi connectivity index (χ3n) is 0.289. The van der Waals surface area contributed by atoms with E-state index in [-0.39, 0.29) is 97.4 Å². The van der Waals surface area contributed by atoms with Crippen molar-refractivity contribution >= 4 is 103 Å². The summed E-state index contributed by atoms with van der Waals surface area (Å²) >= 11 is 0. The van der Waals surface area contributed by atoms with Crippen molar-refractivity contribution in [1.82, 2.24) is 0 Å². The van der Waals surface area contributed by atoms with E-state index < -0.39 is 11.9 Å². The standard InChI is InChI=1S/C3H6O2.C2H4O2.2Sr/c1-2-3(4)5;1-2(3)4;;/h2H2,1H3,(H,4,5);1H3,(H,3,4);;/q;;2*+2/p-2. The summed E-state index contributed by atoms with van der Waals surface area (Å²) in [5.41, 5.74) is 0. The van der Waals surface area contributed by atoms with Gasteiger partial charge in [-0.2, -0.15) is 0 Å². The zero-order valence-electron chi connectivity index (χ0n) is 6.75. The molecule has 0 aliphatic carbocycles. The Kier molecular flexibility index (Phi) is 37.4. The summed E-state index contributed by atoms with van der Waals surface area (Å²) in [6, 6.07) is 0. The molecule has 0 radical (unpaired) electrons. The summed E-state index contributed by atoms with van der Waals surface area (Å²) in [5.74, 6) is -2.08. The van der Waals surface area contributed by atoms with E-state index in [9.17, 15) is 9.90 Å². The number of carbonyl (C=O) groups is 2. The van der Waals surface area contributed by atoms with E-state index in [2.05, 4.69) is 0 Å². The molecule has 0 aliphatic heterocycles. The molecule has 54 valence electrons. The number of rotatable bonds is 1. The van der Waals surface area contributed by atoms with Crippen LogP contribution in [0.2, 0.25) is 0 Å². The number of aliphatic carboxylic acids is 2. The van der Waals surface area contributed by atoms with E-state index in [1.165, 1.54) is 6.92 Å². The largest absolute Gasteiger partial charge is 2.00 e. The third-order valence-corrected chi connectivity index (χ3v) is 0.289. The first kappa shape index (κ1) is 23.1. The average Bonchev–Trinajstić information content (AvgIpc) is 1.65. The molecule has 0 rings (SSSR count). The molecule has 0 spiro atoms. The van der Waals surface area contributed by atoms with E-state index in [4.69, 9.17) is 9.90 Å². The van der Waals surface area contributed by atoms with Gasteiger partial charge in [0.1, 0.15) is 0 Å². The summed E-state index contributed by atoms with van der Waals surface area (Å²) in [6.45, 7) is 2.51. The van der Waals surface area contributed by atoms with E-state index in [1.54, 1.807) is 0 Å². The first-order valence-electron chi connectivity index (χ1n) is 2.38. The predicted octanol–water partition coefficient (Wildman–Crippen LogP) is -2.86. The van der Waals surface area contributed by atoms with Crippen LogP contribution in [0.1, 0.15) is 20.3 Å². The molecule has 11 heavy (non-hydrogen) atoms. The van der Waals surface area contributed by atoms with Gasteiger partial charge in [-0.15, -0.1) is 0 Å². The smallest absolute Gasteiger partial charge is 0.550 e. The van der Waals surface area contributed by atoms with Crippen LogP contribution in [-0.2, 0) is 9.59 Å². The molecule has 0 aromatic carbocycles. The summed E-state index contributed by atoms with van der Waals surface area (Å²) in [6.07, 6.45) is 0.111. The third kappa shape index (κ3) is 76.7. The van der Waals surface area contributed by atoms with E-state index in [0.717, 1.165) is 6.92 Å². The van der Waals surface area contributed by atoms with Crippen LogP contribution in [-0.4, -0.2) is 103 Å². The van der Waals surface area contributed by atoms with Crippen molar-refractivity contribution in [2.75, 3.05) is 0 Å². The van der Waals surface area contributed by atoms with Crippen molar-refractivity contribution in [2.45, 2.75) is 20.3 Å². The number of carbonyl (C=O) groups excluding carboxylic acids is 2. The van der Waals surface area contributed by atoms with Crippen LogP contribution in [0.3, 0.4) is 0 Å². The molecule has 0 heterocycles. The average molecular weight is 307 g/mol. The minimum absolute atomic E-state index is 0. The van der Waals surface area contributed by atoms with Gasteiger partial charge in [-0.3, -0.25) is 0 Å². The molecular weight excluding hydrogens is 299 g/mol. The van der Waals surface area contributed by atoms with Crippen molar-refractivity contribution < 1.29 is 19.8 Å². The monoisotopic (exact) mass is 308 g/mol. The number of hydrogen-bond donors (Lipinski definition) is 0. The van der Waals surface area contributed by atoms with Crippen molar-refractivity contribution in [2.24, 2.45) is 0 Å². The number of carboxylic acid groups (broad SMARTS) is 2. The van der Waals surface area contributed by atoms with Gasteiger partial charge >= 0.3 is 91.0 Å². The molecule has 0 fully saturated rings. The van der Waals surface area contributed by atoms with Crippen molar-refractivity contribution in [3.05, 3.63) is 0 Å². The van der Waals surface area contributed by atoms with Crippen molar-refractivity contribution in [1.29, 1.82) is 0 Å². The summed E-state index contributed by atoms with van der Waals surface area (Å²) in [4.78, 5) is 18.1. The molecule has 6 heteroatoms.